The minimum absolute atomic E-state index is 0.0512. The van der Waals surface area contributed by atoms with Gasteiger partial charge in [0.2, 0.25) is 5.91 Å². The zero-order valence-corrected chi connectivity index (χ0v) is 11.2. The monoisotopic (exact) mass is 265 g/mol. The van der Waals surface area contributed by atoms with Gasteiger partial charge in [-0.05, 0) is 18.8 Å². The highest BCUT2D eigenvalue weighted by molar-refractivity contribution is 6.03. The van der Waals surface area contributed by atoms with Gasteiger partial charge in [0, 0.05) is 19.4 Å². The van der Waals surface area contributed by atoms with Crippen molar-refractivity contribution in [3.05, 3.63) is 0 Å². The zero-order valence-electron chi connectivity index (χ0n) is 11.2. The second-order valence-electron chi connectivity index (χ2n) is 5.86. The number of piperidine rings is 1. The molecular weight excluding hydrogens is 246 g/mol. The molecule has 1 saturated carbocycles. The molecule has 5 nitrogen and oxygen atoms in total. The van der Waals surface area contributed by atoms with Gasteiger partial charge in [-0.1, -0.05) is 12.8 Å². The number of carbonyl (C=O) groups is 3. The maximum atomic E-state index is 12.3. The SMILES string of the molecule is COC(=O)[C@@H]1C(=O)CCN2C(=O)C[C@@H]3CCCC[C@]312. The van der Waals surface area contributed by atoms with E-state index in [1.807, 2.05) is 4.90 Å². The fourth-order valence-electron chi connectivity index (χ4n) is 4.41. The molecule has 1 amide bonds. The van der Waals surface area contributed by atoms with Gasteiger partial charge in [-0.2, -0.15) is 0 Å². The summed E-state index contributed by atoms with van der Waals surface area (Å²) in [6.07, 6.45) is 4.51. The lowest BCUT2D eigenvalue weighted by atomic mass is 9.63. The van der Waals surface area contributed by atoms with E-state index in [0.717, 1.165) is 25.7 Å². The highest BCUT2D eigenvalue weighted by atomic mass is 16.5. The van der Waals surface area contributed by atoms with E-state index in [-0.39, 0.29) is 24.0 Å². The first kappa shape index (κ1) is 12.6. The third-order valence-electron chi connectivity index (χ3n) is 5.15. The van der Waals surface area contributed by atoms with Crippen LogP contribution in [0.3, 0.4) is 0 Å². The van der Waals surface area contributed by atoms with Crippen LogP contribution < -0.4 is 0 Å². The van der Waals surface area contributed by atoms with Crippen LogP contribution in [-0.4, -0.2) is 41.8 Å². The molecule has 0 N–H and O–H groups in total. The quantitative estimate of drug-likeness (QED) is 0.522. The number of nitrogens with zero attached hydrogens (tertiary/aromatic N) is 1. The number of Topliss-reactive ketones (excluding diaryl/α,β-unsaturated/α-hetero) is 1. The fraction of sp³-hybridized carbons (Fsp3) is 0.786. The number of carbonyl (C=O) groups excluding carboxylic acids is 3. The predicted molar refractivity (Wildman–Crippen MR) is 66.1 cm³/mol. The van der Waals surface area contributed by atoms with E-state index in [2.05, 4.69) is 0 Å². The molecule has 0 bridgehead atoms. The lowest BCUT2D eigenvalue weighted by molar-refractivity contribution is -0.164. The number of ketones is 1. The molecule has 1 spiro atoms. The molecule has 2 saturated heterocycles. The van der Waals surface area contributed by atoms with E-state index in [0.29, 0.717) is 13.0 Å². The van der Waals surface area contributed by atoms with E-state index < -0.39 is 17.4 Å². The van der Waals surface area contributed by atoms with Gasteiger partial charge in [0.05, 0.1) is 12.6 Å². The Bertz CT molecular complexity index is 439. The van der Waals surface area contributed by atoms with E-state index in [1.54, 1.807) is 0 Å². The van der Waals surface area contributed by atoms with Crippen LogP contribution in [0.2, 0.25) is 0 Å². The predicted octanol–water partition coefficient (Wildman–Crippen LogP) is 0.910. The minimum atomic E-state index is -0.761. The van der Waals surface area contributed by atoms with Crippen molar-refractivity contribution < 1.29 is 19.1 Å². The molecule has 0 unspecified atom stereocenters. The van der Waals surface area contributed by atoms with Crippen LogP contribution in [0.15, 0.2) is 0 Å². The molecule has 3 atom stereocenters. The van der Waals surface area contributed by atoms with Gasteiger partial charge in [-0.25, -0.2) is 0 Å². The summed E-state index contributed by atoms with van der Waals surface area (Å²) >= 11 is 0. The summed E-state index contributed by atoms with van der Waals surface area (Å²) in [4.78, 5) is 38.4. The Hall–Kier alpha value is -1.39. The van der Waals surface area contributed by atoms with Gasteiger partial charge in [0.1, 0.15) is 5.92 Å². The van der Waals surface area contributed by atoms with Crippen molar-refractivity contribution >= 4 is 17.7 Å². The van der Waals surface area contributed by atoms with Crippen LogP contribution in [-0.2, 0) is 19.1 Å². The maximum absolute atomic E-state index is 12.3. The number of rotatable bonds is 1. The Morgan fingerprint density at radius 3 is 2.89 bits per heavy atom. The second kappa shape index (κ2) is 4.32. The Balaban J connectivity index is 2.07. The smallest absolute Gasteiger partial charge is 0.318 e. The summed E-state index contributed by atoms with van der Waals surface area (Å²) in [5, 5.41) is 0. The number of ether oxygens (including phenoxy) is 1. The van der Waals surface area contributed by atoms with E-state index in [1.165, 1.54) is 7.11 Å². The van der Waals surface area contributed by atoms with Gasteiger partial charge in [-0.3, -0.25) is 14.4 Å². The first-order valence-electron chi connectivity index (χ1n) is 7.02. The van der Waals surface area contributed by atoms with Crippen molar-refractivity contribution in [1.29, 1.82) is 0 Å². The normalized spacial score (nSPS) is 37.8. The maximum Gasteiger partial charge on any atom is 0.318 e. The summed E-state index contributed by atoms with van der Waals surface area (Å²) in [6.45, 7) is 0.474. The first-order valence-corrected chi connectivity index (χ1v) is 7.02. The average Bonchev–Trinajstić information content (AvgIpc) is 2.70. The van der Waals surface area contributed by atoms with E-state index in [9.17, 15) is 14.4 Å². The van der Waals surface area contributed by atoms with E-state index >= 15 is 0 Å². The molecule has 3 fully saturated rings. The van der Waals surface area contributed by atoms with Crippen molar-refractivity contribution in [3.63, 3.8) is 0 Å². The summed E-state index contributed by atoms with van der Waals surface area (Å²) in [7, 11) is 1.32. The highest BCUT2D eigenvalue weighted by Crippen LogP contribution is 2.52. The van der Waals surface area contributed by atoms with Crippen molar-refractivity contribution in [2.45, 2.75) is 44.1 Å². The topological polar surface area (TPSA) is 63.7 Å². The number of amides is 1. The van der Waals surface area contributed by atoms with Crippen LogP contribution in [0, 0.1) is 11.8 Å². The number of hydrogen-bond acceptors (Lipinski definition) is 4. The molecular formula is C14H19NO4. The van der Waals surface area contributed by atoms with Gasteiger partial charge in [0.25, 0.3) is 0 Å². The molecule has 1 aliphatic carbocycles. The lowest BCUT2D eigenvalue weighted by Gasteiger charge is -2.51. The van der Waals surface area contributed by atoms with Gasteiger partial charge in [0.15, 0.2) is 5.78 Å². The Labute approximate surface area is 112 Å². The Morgan fingerprint density at radius 1 is 1.37 bits per heavy atom. The molecule has 3 rings (SSSR count). The highest BCUT2D eigenvalue weighted by Gasteiger charge is 2.63. The molecule has 0 aromatic heterocycles. The van der Waals surface area contributed by atoms with Gasteiger partial charge >= 0.3 is 5.97 Å². The summed E-state index contributed by atoms with van der Waals surface area (Å²) in [6, 6.07) is 0. The molecule has 0 aromatic rings. The van der Waals surface area contributed by atoms with Crippen LogP contribution in [0.25, 0.3) is 0 Å². The van der Waals surface area contributed by atoms with Crippen molar-refractivity contribution in [2.75, 3.05) is 13.7 Å². The first-order chi connectivity index (χ1) is 9.11. The van der Waals surface area contributed by atoms with Crippen molar-refractivity contribution in [1.82, 2.24) is 4.90 Å². The standard InChI is InChI=1S/C14H19NO4/c1-19-13(18)12-10(16)5-7-15-11(17)8-9-4-2-3-6-14(9,12)15/h9,12H,2-8H2,1H3/t9-,12-,14-/m0/s1. The Kier molecular flexibility index (Phi) is 2.87. The lowest BCUT2D eigenvalue weighted by Crippen LogP contribution is -2.64. The number of esters is 1. The molecule has 5 heteroatoms. The molecule has 0 aromatic carbocycles. The molecule has 2 heterocycles. The van der Waals surface area contributed by atoms with Crippen LogP contribution in [0.5, 0.6) is 0 Å². The third kappa shape index (κ3) is 1.56. The van der Waals surface area contributed by atoms with E-state index in [4.69, 9.17) is 4.74 Å². The zero-order chi connectivity index (χ0) is 13.6. The number of methoxy groups -OCH3 is 1. The largest absolute Gasteiger partial charge is 0.468 e. The van der Waals surface area contributed by atoms with Gasteiger partial charge in [-0.15, -0.1) is 0 Å². The molecule has 19 heavy (non-hydrogen) atoms. The molecule has 3 aliphatic rings. The minimum Gasteiger partial charge on any atom is -0.468 e. The molecule has 0 radical (unpaired) electrons. The average molecular weight is 265 g/mol. The second-order valence-corrected chi connectivity index (χ2v) is 5.86. The van der Waals surface area contributed by atoms with Crippen molar-refractivity contribution in [2.24, 2.45) is 11.8 Å². The molecule has 104 valence electrons. The van der Waals surface area contributed by atoms with Crippen LogP contribution in [0.1, 0.15) is 38.5 Å². The summed E-state index contributed by atoms with van der Waals surface area (Å²) in [5.74, 6) is -1.03. The Morgan fingerprint density at radius 2 is 2.16 bits per heavy atom. The summed E-state index contributed by atoms with van der Waals surface area (Å²) in [5.41, 5.74) is -0.572. The van der Waals surface area contributed by atoms with Crippen molar-refractivity contribution in [3.8, 4) is 0 Å². The molecule has 2 aliphatic heterocycles. The van der Waals surface area contributed by atoms with Crippen LogP contribution in [0.4, 0.5) is 0 Å². The van der Waals surface area contributed by atoms with Crippen LogP contribution >= 0.6 is 0 Å². The summed E-state index contributed by atoms with van der Waals surface area (Å²) < 4.78 is 4.85. The van der Waals surface area contributed by atoms with Gasteiger partial charge < -0.3 is 9.64 Å². The fourth-order valence-corrected chi connectivity index (χ4v) is 4.41. The third-order valence-corrected chi connectivity index (χ3v) is 5.15. The number of hydrogen-bond donors (Lipinski definition) is 0.